The summed E-state index contributed by atoms with van der Waals surface area (Å²) in [6, 6.07) is 12.4. The molecule has 1 aromatic rings. The Labute approximate surface area is 147 Å². The third-order valence-corrected chi connectivity index (χ3v) is 14.7. The van der Waals surface area contributed by atoms with E-state index in [1.54, 1.807) is 5.30 Å². The molecule has 0 fully saturated rings. The molecule has 0 bridgehead atoms. The Bertz CT molecular complexity index is 461. The van der Waals surface area contributed by atoms with Crippen LogP contribution in [0, 0.1) is 0 Å². The Hall–Kier alpha value is 0.0400. The highest BCUT2D eigenvalue weighted by atomic mass is 32.1. The summed E-state index contributed by atoms with van der Waals surface area (Å²) in [5.74, 6) is 0. The number of hydrogen-bond acceptors (Lipinski definition) is 1. The molecule has 3 heteroatoms. The summed E-state index contributed by atoms with van der Waals surface area (Å²) in [4.78, 5) is 0. The Morgan fingerprint density at radius 2 is 1.17 bits per heavy atom. The van der Waals surface area contributed by atoms with Crippen LogP contribution in [0.2, 0.25) is 0 Å². The van der Waals surface area contributed by atoms with E-state index in [-0.39, 0.29) is 15.4 Å². The van der Waals surface area contributed by atoms with Gasteiger partial charge in [-0.2, -0.15) is 0 Å². The molecular weight excluding hydrogens is 316 g/mol. The van der Waals surface area contributed by atoms with Crippen LogP contribution < -0.4 is 5.30 Å². The van der Waals surface area contributed by atoms with Crippen LogP contribution in [0.4, 0.5) is 0 Å². The minimum Gasteiger partial charge on any atom is -0.273 e. The Morgan fingerprint density at radius 1 is 0.739 bits per heavy atom. The first kappa shape index (κ1) is 21.1. The second kappa shape index (κ2) is 7.95. The number of nitrogens with zero attached hydrogens (tertiary/aromatic N) is 1. The van der Waals surface area contributed by atoms with Gasteiger partial charge in [0, 0.05) is 19.8 Å². The quantitative estimate of drug-likeness (QED) is 0.525. The SMILES string of the molecule is CC(C)N(C(C)C)[P@@]([P@](c1ccccc1)C(C)(C)C)C(C)(C)C. The highest BCUT2D eigenvalue weighted by Gasteiger charge is 2.44. The lowest BCUT2D eigenvalue weighted by Crippen LogP contribution is -2.39. The standard InChI is InChI=1S/C20H37NP2/c1-16(2)21(17(3)4)23(20(8,9)10)22(19(5,6)7)18-14-12-11-13-15-18/h11-17H,1-10H3/t22-,23+/m1/s1. The molecule has 1 rings (SSSR count). The molecule has 1 aromatic carbocycles. The van der Waals surface area contributed by atoms with Gasteiger partial charge in [-0.1, -0.05) is 71.9 Å². The normalized spacial score (nSPS) is 16.2. The Kier molecular flexibility index (Phi) is 7.28. The van der Waals surface area contributed by atoms with Gasteiger partial charge in [-0.3, -0.25) is 4.67 Å². The van der Waals surface area contributed by atoms with Gasteiger partial charge in [0.25, 0.3) is 0 Å². The van der Waals surface area contributed by atoms with Gasteiger partial charge in [0.05, 0.1) is 0 Å². The van der Waals surface area contributed by atoms with Crippen molar-refractivity contribution in [3.8, 4) is 0 Å². The first-order chi connectivity index (χ1) is 10.4. The minimum absolute atomic E-state index is 0.262. The molecule has 132 valence electrons. The van der Waals surface area contributed by atoms with Gasteiger partial charge in [-0.05, 0) is 50.9 Å². The molecule has 0 radical (unpaired) electrons. The summed E-state index contributed by atoms with van der Waals surface area (Å²) in [7, 11) is -0.535. The van der Waals surface area contributed by atoms with E-state index in [0.29, 0.717) is 22.4 Å². The second-order valence-electron chi connectivity index (χ2n) is 8.85. The summed E-state index contributed by atoms with van der Waals surface area (Å²) in [5, 5.41) is 2.17. The first-order valence-corrected chi connectivity index (χ1v) is 12.1. The predicted octanol–water partition coefficient (Wildman–Crippen LogP) is 6.82. The van der Waals surface area contributed by atoms with E-state index < -0.39 is 0 Å². The van der Waals surface area contributed by atoms with Crippen LogP contribution in [-0.4, -0.2) is 27.1 Å². The fourth-order valence-corrected chi connectivity index (χ4v) is 13.9. The maximum Gasteiger partial charge on any atom is 0.00835 e. The fourth-order valence-electron chi connectivity index (χ4n) is 3.13. The van der Waals surface area contributed by atoms with Gasteiger partial charge in [0.2, 0.25) is 0 Å². The molecule has 2 atom stereocenters. The zero-order chi connectivity index (χ0) is 18.0. The number of benzene rings is 1. The minimum atomic E-state index is -0.274. The zero-order valence-corrected chi connectivity index (χ0v) is 18.7. The van der Waals surface area contributed by atoms with Gasteiger partial charge < -0.3 is 0 Å². The molecule has 0 saturated heterocycles. The first-order valence-electron chi connectivity index (χ1n) is 8.81. The smallest absolute Gasteiger partial charge is 0.00835 e. The molecule has 0 aromatic heterocycles. The van der Waals surface area contributed by atoms with Crippen molar-refractivity contribution in [2.24, 2.45) is 0 Å². The van der Waals surface area contributed by atoms with Crippen molar-refractivity contribution < 1.29 is 0 Å². The molecule has 0 unspecified atom stereocenters. The molecule has 23 heavy (non-hydrogen) atoms. The van der Waals surface area contributed by atoms with E-state index in [4.69, 9.17) is 0 Å². The van der Waals surface area contributed by atoms with Crippen LogP contribution in [0.1, 0.15) is 69.2 Å². The van der Waals surface area contributed by atoms with Gasteiger partial charge in [0.1, 0.15) is 0 Å². The lowest BCUT2D eigenvalue weighted by molar-refractivity contribution is 0.320. The van der Waals surface area contributed by atoms with Crippen LogP contribution in [-0.2, 0) is 0 Å². The maximum absolute atomic E-state index is 2.82. The van der Waals surface area contributed by atoms with Gasteiger partial charge in [-0.15, -0.1) is 0 Å². The molecule has 1 nitrogen and oxygen atoms in total. The van der Waals surface area contributed by atoms with Crippen LogP contribution in [0.3, 0.4) is 0 Å². The van der Waals surface area contributed by atoms with Gasteiger partial charge >= 0.3 is 0 Å². The van der Waals surface area contributed by atoms with Crippen molar-refractivity contribution in [2.75, 3.05) is 0 Å². The summed E-state index contributed by atoms with van der Waals surface area (Å²) in [6.07, 6.45) is 0. The fraction of sp³-hybridized carbons (Fsp3) is 0.700. The van der Waals surface area contributed by atoms with Gasteiger partial charge in [-0.25, -0.2) is 0 Å². The van der Waals surface area contributed by atoms with Gasteiger partial charge in [0.15, 0.2) is 0 Å². The highest BCUT2D eigenvalue weighted by molar-refractivity contribution is 8.33. The number of rotatable bonds is 5. The largest absolute Gasteiger partial charge is 0.273 e. The van der Waals surface area contributed by atoms with E-state index in [0.717, 1.165) is 0 Å². The second-order valence-corrected chi connectivity index (χ2v) is 16.0. The molecule has 0 saturated carbocycles. The third-order valence-electron chi connectivity index (χ3n) is 3.70. The van der Waals surface area contributed by atoms with Crippen molar-refractivity contribution in [1.29, 1.82) is 0 Å². The van der Waals surface area contributed by atoms with Crippen LogP contribution in [0.25, 0.3) is 0 Å². The van der Waals surface area contributed by atoms with E-state index in [1.807, 2.05) is 0 Å². The van der Waals surface area contributed by atoms with Crippen molar-refractivity contribution in [3.63, 3.8) is 0 Å². The Morgan fingerprint density at radius 3 is 1.48 bits per heavy atom. The van der Waals surface area contributed by atoms with Crippen LogP contribution in [0.5, 0.6) is 0 Å². The average Bonchev–Trinajstić information content (AvgIpc) is 2.35. The monoisotopic (exact) mass is 353 g/mol. The lowest BCUT2D eigenvalue weighted by atomic mass is 10.3. The molecule has 0 aliphatic rings. The van der Waals surface area contributed by atoms with Crippen molar-refractivity contribution in [1.82, 2.24) is 4.67 Å². The predicted molar refractivity (Wildman–Crippen MR) is 112 cm³/mol. The van der Waals surface area contributed by atoms with E-state index in [9.17, 15) is 0 Å². The van der Waals surface area contributed by atoms with E-state index in [1.165, 1.54) is 0 Å². The molecule has 0 aliphatic heterocycles. The number of hydrogen-bond donors (Lipinski definition) is 0. The van der Waals surface area contributed by atoms with Crippen molar-refractivity contribution in [2.45, 2.75) is 91.6 Å². The van der Waals surface area contributed by atoms with E-state index in [2.05, 4.69) is 104 Å². The molecular formula is C20H37NP2. The molecule has 0 N–H and O–H groups in total. The summed E-state index contributed by atoms with van der Waals surface area (Å²) < 4.78 is 2.82. The van der Waals surface area contributed by atoms with Crippen molar-refractivity contribution >= 4 is 20.7 Å². The third kappa shape index (κ3) is 5.52. The molecule has 0 heterocycles. The molecule has 0 aliphatic carbocycles. The average molecular weight is 353 g/mol. The van der Waals surface area contributed by atoms with Crippen molar-refractivity contribution in [3.05, 3.63) is 30.3 Å². The highest BCUT2D eigenvalue weighted by Crippen LogP contribution is 2.81. The summed E-state index contributed by atoms with van der Waals surface area (Å²) >= 11 is 0. The Balaban J connectivity index is 3.52. The summed E-state index contributed by atoms with van der Waals surface area (Å²) in [6.45, 7) is 24.1. The molecule has 0 amide bonds. The zero-order valence-electron chi connectivity index (χ0n) is 16.9. The van der Waals surface area contributed by atoms with Crippen LogP contribution in [0.15, 0.2) is 30.3 Å². The molecule has 0 spiro atoms. The summed E-state index contributed by atoms with van der Waals surface area (Å²) in [5.41, 5.74) is 0. The van der Waals surface area contributed by atoms with Crippen LogP contribution >= 0.6 is 15.4 Å². The van der Waals surface area contributed by atoms with E-state index >= 15 is 0 Å². The maximum atomic E-state index is 2.82. The lowest BCUT2D eigenvalue weighted by Gasteiger charge is -2.52. The topological polar surface area (TPSA) is 3.24 Å².